The van der Waals surface area contributed by atoms with Gasteiger partial charge in [0.2, 0.25) is 0 Å². The Balaban J connectivity index is 2.43. The van der Waals surface area contributed by atoms with Gasteiger partial charge in [0.15, 0.2) is 4.77 Å². The summed E-state index contributed by atoms with van der Waals surface area (Å²) in [4.78, 5) is 0. The molecule has 0 bridgehead atoms. The fourth-order valence-electron chi connectivity index (χ4n) is 2.55. The van der Waals surface area contributed by atoms with E-state index >= 15 is 0 Å². The van der Waals surface area contributed by atoms with Crippen molar-refractivity contribution in [3.8, 4) is 0 Å². The van der Waals surface area contributed by atoms with E-state index in [9.17, 15) is 0 Å². The first kappa shape index (κ1) is 12.8. The van der Waals surface area contributed by atoms with Crippen LogP contribution in [0.2, 0.25) is 0 Å². The Bertz CT molecular complexity index is 443. The molecule has 2 atom stereocenters. The topological polar surface area (TPSA) is 42.8 Å². The van der Waals surface area contributed by atoms with E-state index in [1.165, 1.54) is 0 Å². The average molecular weight is 255 g/mol. The van der Waals surface area contributed by atoms with Crippen LogP contribution in [-0.4, -0.2) is 27.5 Å². The molecule has 1 aromatic heterocycles. The van der Waals surface area contributed by atoms with E-state index < -0.39 is 0 Å². The number of ether oxygens (including phenoxy) is 1. The van der Waals surface area contributed by atoms with Gasteiger partial charge in [0.05, 0.1) is 6.10 Å². The van der Waals surface area contributed by atoms with E-state index in [2.05, 4.69) is 42.5 Å². The number of aromatic nitrogens is 3. The molecular formula is C12H21N3OS. The zero-order chi connectivity index (χ0) is 12.6. The molecule has 5 heteroatoms. The highest BCUT2D eigenvalue weighted by Gasteiger charge is 2.34. The first-order valence-electron chi connectivity index (χ1n) is 6.24. The zero-order valence-corrected chi connectivity index (χ0v) is 11.8. The van der Waals surface area contributed by atoms with Gasteiger partial charge in [-0.25, -0.2) is 0 Å². The van der Waals surface area contributed by atoms with Crippen molar-refractivity contribution in [1.29, 1.82) is 0 Å². The van der Waals surface area contributed by atoms with Gasteiger partial charge in [-0.05, 0) is 45.8 Å². The van der Waals surface area contributed by atoms with E-state index in [-0.39, 0.29) is 11.6 Å². The summed E-state index contributed by atoms with van der Waals surface area (Å²) in [7, 11) is 0. The monoisotopic (exact) mass is 255 g/mol. The lowest BCUT2D eigenvalue weighted by molar-refractivity contribution is 0.0981. The average Bonchev–Trinajstić information content (AvgIpc) is 2.81. The molecule has 1 N–H and O–H groups in total. The molecule has 4 nitrogen and oxygen atoms in total. The number of nitrogens with zero attached hydrogens (tertiary/aromatic N) is 2. The number of nitrogens with one attached hydrogen (secondary N) is 1. The fraction of sp³-hybridized carbons (Fsp3) is 0.833. The normalized spacial score (nSPS) is 25.4. The number of H-pyrrole nitrogens is 1. The van der Waals surface area contributed by atoms with Crippen molar-refractivity contribution in [2.24, 2.45) is 0 Å². The maximum Gasteiger partial charge on any atom is 0.195 e. The molecule has 1 aromatic rings. The maximum absolute atomic E-state index is 5.74. The van der Waals surface area contributed by atoms with E-state index in [0.717, 1.165) is 25.3 Å². The van der Waals surface area contributed by atoms with Crippen LogP contribution < -0.4 is 0 Å². The van der Waals surface area contributed by atoms with Crippen molar-refractivity contribution in [1.82, 2.24) is 14.8 Å². The first-order chi connectivity index (χ1) is 7.95. The Morgan fingerprint density at radius 1 is 1.53 bits per heavy atom. The second kappa shape index (κ2) is 4.53. The lowest BCUT2D eigenvalue weighted by atomic mass is 9.97. The van der Waals surface area contributed by atoms with Crippen LogP contribution in [0, 0.1) is 4.77 Å². The standard InChI is InChI=1S/C12H21N3OS/c1-5-9-8(6-7-16-9)10-13-14-11(17)15(10)12(2,3)4/h8-9H,5-7H2,1-4H3,(H,14,17). The largest absolute Gasteiger partial charge is 0.377 e. The molecule has 1 aliphatic rings. The van der Waals surface area contributed by atoms with Gasteiger partial charge in [0, 0.05) is 18.1 Å². The molecule has 1 fully saturated rings. The minimum absolute atomic E-state index is 0.0414. The van der Waals surface area contributed by atoms with Gasteiger partial charge in [-0.2, -0.15) is 5.10 Å². The van der Waals surface area contributed by atoms with Crippen molar-refractivity contribution in [3.05, 3.63) is 10.6 Å². The Hall–Kier alpha value is -0.680. The number of aromatic amines is 1. The minimum atomic E-state index is -0.0414. The minimum Gasteiger partial charge on any atom is -0.377 e. The molecule has 2 unspecified atom stereocenters. The lowest BCUT2D eigenvalue weighted by Crippen LogP contribution is -2.27. The summed E-state index contributed by atoms with van der Waals surface area (Å²) in [6.45, 7) is 9.44. The Morgan fingerprint density at radius 2 is 2.24 bits per heavy atom. The van der Waals surface area contributed by atoms with Gasteiger partial charge >= 0.3 is 0 Å². The van der Waals surface area contributed by atoms with Crippen LogP contribution in [0.1, 0.15) is 52.3 Å². The first-order valence-corrected chi connectivity index (χ1v) is 6.65. The second-order valence-corrected chi connectivity index (χ2v) is 5.99. The Kier molecular flexibility index (Phi) is 3.41. The summed E-state index contributed by atoms with van der Waals surface area (Å²) < 4.78 is 8.58. The lowest BCUT2D eigenvalue weighted by Gasteiger charge is -2.26. The predicted molar refractivity (Wildman–Crippen MR) is 69.8 cm³/mol. The highest BCUT2D eigenvalue weighted by atomic mass is 32.1. The molecule has 2 rings (SSSR count). The van der Waals surface area contributed by atoms with Crippen molar-refractivity contribution < 1.29 is 4.74 Å². The molecule has 1 saturated heterocycles. The molecule has 0 saturated carbocycles. The fourth-order valence-corrected chi connectivity index (χ4v) is 2.97. The van der Waals surface area contributed by atoms with Crippen molar-refractivity contribution in [2.75, 3.05) is 6.61 Å². The zero-order valence-electron chi connectivity index (χ0n) is 11.0. The molecule has 2 heterocycles. The number of rotatable bonds is 2. The van der Waals surface area contributed by atoms with Gasteiger partial charge in [-0.3, -0.25) is 9.67 Å². The smallest absolute Gasteiger partial charge is 0.195 e. The predicted octanol–water partition coefficient (Wildman–Crippen LogP) is 2.98. The maximum atomic E-state index is 5.74. The van der Waals surface area contributed by atoms with E-state index in [1.54, 1.807) is 0 Å². The van der Waals surface area contributed by atoms with Crippen molar-refractivity contribution >= 4 is 12.2 Å². The molecule has 0 spiro atoms. The van der Waals surface area contributed by atoms with Gasteiger partial charge < -0.3 is 4.74 Å². The van der Waals surface area contributed by atoms with E-state index in [4.69, 9.17) is 17.0 Å². The molecule has 1 aliphatic heterocycles. The summed E-state index contributed by atoms with van der Waals surface area (Å²) in [6.07, 6.45) is 2.34. The molecule has 0 aromatic carbocycles. The SMILES string of the molecule is CCC1OCCC1c1n[nH]c(=S)n1C(C)(C)C. The third-order valence-electron chi connectivity index (χ3n) is 3.31. The van der Waals surface area contributed by atoms with Crippen LogP contribution in [0.15, 0.2) is 0 Å². The van der Waals surface area contributed by atoms with Crippen LogP contribution in [-0.2, 0) is 10.3 Å². The summed E-state index contributed by atoms with van der Waals surface area (Å²) in [5, 5.41) is 7.35. The summed E-state index contributed by atoms with van der Waals surface area (Å²) in [6, 6.07) is 0. The third kappa shape index (κ3) is 2.31. The highest BCUT2D eigenvalue weighted by molar-refractivity contribution is 7.71. The van der Waals surface area contributed by atoms with Gasteiger partial charge in [-0.1, -0.05) is 6.92 Å². The Labute approximate surface area is 107 Å². The molecular weight excluding hydrogens is 234 g/mol. The Morgan fingerprint density at radius 3 is 2.82 bits per heavy atom. The van der Waals surface area contributed by atoms with E-state index in [0.29, 0.717) is 10.7 Å². The molecule has 96 valence electrons. The molecule has 17 heavy (non-hydrogen) atoms. The summed E-state index contributed by atoms with van der Waals surface area (Å²) in [5.41, 5.74) is -0.0414. The summed E-state index contributed by atoms with van der Waals surface area (Å²) >= 11 is 5.34. The van der Waals surface area contributed by atoms with Crippen LogP contribution in [0.4, 0.5) is 0 Å². The molecule has 0 radical (unpaired) electrons. The van der Waals surface area contributed by atoms with Gasteiger partial charge in [0.1, 0.15) is 5.82 Å². The third-order valence-corrected chi connectivity index (χ3v) is 3.59. The second-order valence-electron chi connectivity index (χ2n) is 5.61. The molecule has 0 amide bonds. The van der Waals surface area contributed by atoms with Crippen LogP contribution >= 0.6 is 12.2 Å². The number of hydrogen-bond donors (Lipinski definition) is 1. The van der Waals surface area contributed by atoms with Gasteiger partial charge in [0.25, 0.3) is 0 Å². The molecule has 0 aliphatic carbocycles. The van der Waals surface area contributed by atoms with Crippen molar-refractivity contribution in [2.45, 2.75) is 58.1 Å². The van der Waals surface area contributed by atoms with Crippen LogP contribution in [0.3, 0.4) is 0 Å². The summed E-state index contributed by atoms with van der Waals surface area (Å²) in [5.74, 6) is 1.42. The van der Waals surface area contributed by atoms with Crippen LogP contribution in [0.5, 0.6) is 0 Å². The van der Waals surface area contributed by atoms with Gasteiger partial charge in [-0.15, -0.1) is 0 Å². The quantitative estimate of drug-likeness (QED) is 0.826. The van der Waals surface area contributed by atoms with Crippen LogP contribution in [0.25, 0.3) is 0 Å². The van der Waals surface area contributed by atoms with E-state index in [1.807, 2.05) is 0 Å². The highest BCUT2D eigenvalue weighted by Crippen LogP contribution is 2.33. The van der Waals surface area contributed by atoms with Crippen molar-refractivity contribution in [3.63, 3.8) is 0 Å². The number of hydrogen-bond acceptors (Lipinski definition) is 3.